The predicted molar refractivity (Wildman–Crippen MR) is 100 cm³/mol. The SMILES string of the molecule is O=C(c1ccccc1)C(CC=Cc1ccccc1)c1ccccc1. The van der Waals surface area contributed by atoms with Gasteiger partial charge in [0, 0.05) is 5.56 Å². The highest BCUT2D eigenvalue weighted by Gasteiger charge is 2.20. The number of carbonyl (C=O) groups excluding carboxylic acids is 1. The zero-order chi connectivity index (χ0) is 16.6. The summed E-state index contributed by atoms with van der Waals surface area (Å²) in [6.07, 6.45) is 4.86. The molecule has 3 rings (SSSR count). The monoisotopic (exact) mass is 312 g/mol. The third-order valence-electron chi connectivity index (χ3n) is 4.06. The van der Waals surface area contributed by atoms with Crippen LogP contribution in [0.3, 0.4) is 0 Å². The van der Waals surface area contributed by atoms with Crippen LogP contribution in [-0.2, 0) is 0 Å². The van der Waals surface area contributed by atoms with E-state index in [1.54, 1.807) is 0 Å². The van der Waals surface area contributed by atoms with Gasteiger partial charge in [-0.1, -0.05) is 103 Å². The van der Waals surface area contributed by atoms with E-state index in [9.17, 15) is 4.79 Å². The van der Waals surface area contributed by atoms with Crippen molar-refractivity contribution in [3.8, 4) is 0 Å². The van der Waals surface area contributed by atoms with Gasteiger partial charge < -0.3 is 0 Å². The standard InChI is InChI=1S/C23H20O/c24-23(21-16-8-3-9-17-21)22(20-14-6-2-7-15-20)18-10-13-19-11-4-1-5-12-19/h1-17,22H,18H2. The average molecular weight is 312 g/mol. The van der Waals surface area contributed by atoms with Gasteiger partial charge in [-0.2, -0.15) is 0 Å². The number of benzene rings is 3. The van der Waals surface area contributed by atoms with E-state index in [1.165, 1.54) is 0 Å². The Hall–Kier alpha value is -2.93. The lowest BCUT2D eigenvalue weighted by atomic mass is 9.88. The van der Waals surface area contributed by atoms with Crippen LogP contribution in [0.25, 0.3) is 6.08 Å². The van der Waals surface area contributed by atoms with Crippen molar-refractivity contribution in [2.75, 3.05) is 0 Å². The molecule has 0 aliphatic carbocycles. The molecule has 0 spiro atoms. The average Bonchev–Trinajstić information content (AvgIpc) is 2.67. The molecular weight excluding hydrogens is 292 g/mol. The molecule has 0 fully saturated rings. The van der Waals surface area contributed by atoms with E-state index in [0.29, 0.717) is 6.42 Å². The molecule has 118 valence electrons. The molecule has 1 nitrogen and oxygen atoms in total. The first-order chi connectivity index (χ1) is 11.8. The van der Waals surface area contributed by atoms with Crippen molar-refractivity contribution in [1.29, 1.82) is 0 Å². The second-order valence-corrected chi connectivity index (χ2v) is 5.74. The summed E-state index contributed by atoms with van der Waals surface area (Å²) in [5.41, 5.74) is 2.97. The zero-order valence-electron chi connectivity index (χ0n) is 13.5. The second kappa shape index (κ2) is 8.07. The molecule has 1 atom stereocenters. The van der Waals surface area contributed by atoms with E-state index in [1.807, 2.05) is 78.9 Å². The fraction of sp³-hybridized carbons (Fsp3) is 0.0870. The molecular formula is C23H20O. The lowest BCUT2D eigenvalue weighted by molar-refractivity contribution is 0.0960. The lowest BCUT2D eigenvalue weighted by Gasteiger charge is -2.14. The summed E-state index contributed by atoms with van der Waals surface area (Å²) in [5.74, 6) is 0.00748. The van der Waals surface area contributed by atoms with E-state index in [2.05, 4.69) is 24.3 Å². The molecule has 1 unspecified atom stereocenters. The zero-order valence-corrected chi connectivity index (χ0v) is 13.5. The molecule has 0 amide bonds. The maximum absolute atomic E-state index is 13.0. The number of allylic oxidation sites excluding steroid dienone is 1. The van der Waals surface area contributed by atoms with Crippen LogP contribution in [0.1, 0.15) is 33.8 Å². The lowest BCUT2D eigenvalue weighted by Crippen LogP contribution is -2.12. The van der Waals surface area contributed by atoms with Crippen molar-refractivity contribution in [2.45, 2.75) is 12.3 Å². The molecule has 0 saturated heterocycles. The summed E-state index contributed by atoms with van der Waals surface area (Å²) in [6.45, 7) is 0. The third kappa shape index (κ3) is 4.08. The van der Waals surface area contributed by atoms with Crippen LogP contribution in [0, 0.1) is 0 Å². The first-order valence-corrected chi connectivity index (χ1v) is 8.20. The van der Waals surface area contributed by atoms with Crippen LogP contribution in [0.2, 0.25) is 0 Å². The molecule has 0 radical (unpaired) electrons. The van der Waals surface area contributed by atoms with Gasteiger partial charge in [0.15, 0.2) is 5.78 Å². The molecule has 0 bridgehead atoms. The van der Waals surface area contributed by atoms with Gasteiger partial charge in [0.05, 0.1) is 5.92 Å². The molecule has 0 aliphatic rings. The summed E-state index contributed by atoms with van der Waals surface area (Å²) in [4.78, 5) is 13.0. The van der Waals surface area contributed by atoms with Crippen molar-refractivity contribution < 1.29 is 4.79 Å². The van der Waals surface area contributed by atoms with Crippen LogP contribution in [-0.4, -0.2) is 5.78 Å². The number of ketones is 1. The summed E-state index contributed by atoms with van der Waals surface area (Å²) < 4.78 is 0. The summed E-state index contributed by atoms with van der Waals surface area (Å²) in [6, 6.07) is 29.7. The van der Waals surface area contributed by atoms with Gasteiger partial charge in [0.1, 0.15) is 0 Å². The van der Waals surface area contributed by atoms with E-state index in [0.717, 1.165) is 16.7 Å². The third-order valence-corrected chi connectivity index (χ3v) is 4.06. The van der Waals surface area contributed by atoms with Gasteiger partial charge in [-0.15, -0.1) is 0 Å². The quantitative estimate of drug-likeness (QED) is 0.529. The second-order valence-electron chi connectivity index (χ2n) is 5.74. The normalized spacial score (nSPS) is 12.2. The van der Waals surface area contributed by atoms with Gasteiger partial charge in [-0.25, -0.2) is 0 Å². The van der Waals surface area contributed by atoms with Gasteiger partial charge in [-0.3, -0.25) is 4.79 Å². The van der Waals surface area contributed by atoms with E-state index < -0.39 is 0 Å². The van der Waals surface area contributed by atoms with Crippen molar-refractivity contribution >= 4 is 11.9 Å². The summed E-state index contributed by atoms with van der Waals surface area (Å²) in [5, 5.41) is 0. The molecule has 0 aromatic heterocycles. The van der Waals surface area contributed by atoms with Gasteiger partial charge in [0.25, 0.3) is 0 Å². The molecule has 3 aromatic rings. The maximum Gasteiger partial charge on any atom is 0.170 e. The topological polar surface area (TPSA) is 17.1 Å². The fourth-order valence-electron chi connectivity index (χ4n) is 2.79. The fourth-order valence-corrected chi connectivity index (χ4v) is 2.79. The maximum atomic E-state index is 13.0. The molecule has 0 N–H and O–H groups in total. The Balaban J connectivity index is 1.83. The number of Topliss-reactive ketones (excluding diaryl/α,β-unsaturated/α-hetero) is 1. The van der Waals surface area contributed by atoms with E-state index in [4.69, 9.17) is 0 Å². The van der Waals surface area contributed by atoms with Gasteiger partial charge in [-0.05, 0) is 17.5 Å². The van der Waals surface area contributed by atoms with Crippen LogP contribution in [0.5, 0.6) is 0 Å². The highest BCUT2D eigenvalue weighted by Crippen LogP contribution is 2.25. The molecule has 1 heteroatoms. The minimum Gasteiger partial charge on any atom is -0.293 e. The Morgan fingerprint density at radius 3 is 1.92 bits per heavy atom. The highest BCUT2D eigenvalue weighted by molar-refractivity contribution is 6.01. The first-order valence-electron chi connectivity index (χ1n) is 8.20. The summed E-state index contributed by atoms with van der Waals surface area (Å²) in [7, 11) is 0. The Morgan fingerprint density at radius 2 is 1.29 bits per heavy atom. The van der Waals surface area contributed by atoms with E-state index in [-0.39, 0.29) is 11.7 Å². The largest absolute Gasteiger partial charge is 0.293 e. The molecule has 0 heterocycles. The first kappa shape index (κ1) is 15.9. The molecule has 0 aliphatic heterocycles. The minimum atomic E-state index is -0.159. The Labute approximate surface area is 143 Å². The summed E-state index contributed by atoms with van der Waals surface area (Å²) >= 11 is 0. The van der Waals surface area contributed by atoms with Gasteiger partial charge in [0.2, 0.25) is 0 Å². The Bertz CT molecular complexity index is 789. The Kier molecular flexibility index (Phi) is 5.36. The molecule has 0 saturated carbocycles. The van der Waals surface area contributed by atoms with Crippen LogP contribution < -0.4 is 0 Å². The van der Waals surface area contributed by atoms with Crippen molar-refractivity contribution in [3.05, 3.63) is 114 Å². The minimum absolute atomic E-state index is 0.159. The highest BCUT2D eigenvalue weighted by atomic mass is 16.1. The van der Waals surface area contributed by atoms with Crippen molar-refractivity contribution in [1.82, 2.24) is 0 Å². The van der Waals surface area contributed by atoms with Crippen LogP contribution in [0.4, 0.5) is 0 Å². The molecule has 3 aromatic carbocycles. The number of hydrogen-bond donors (Lipinski definition) is 0. The van der Waals surface area contributed by atoms with Crippen molar-refractivity contribution in [3.63, 3.8) is 0 Å². The number of hydrogen-bond acceptors (Lipinski definition) is 1. The van der Waals surface area contributed by atoms with Crippen LogP contribution >= 0.6 is 0 Å². The molecule has 24 heavy (non-hydrogen) atoms. The Morgan fingerprint density at radius 1 is 0.750 bits per heavy atom. The van der Waals surface area contributed by atoms with Gasteiger partial charge >= 0.3 is 0 Å². The van der Waals surface area contributed by atoms with Crippen LogP contribution in [0.15, 0.2) is 97.1 Å². The number of rotatable bonds is 6. The number of carbonyl (C=O) groups is 1. The smallest absolute Gasteiger partial charge is 0.170 e. The predicted octanol–water partition coefficient (Wildman–Crippen LogP) is 5.76. The van der Waals surface area contributed by atoms with E-state index >= 15 is 0 Å². The van der Waals surface area contributed by atoms with Crippen molar-refractivity contribution in [2.24, 2.45) is 0 Å².